The molecule has 2 aromatic rings. The molecule has 0 amide bonds. The fraction of sp³-hybridized carbons (Fsp3) is 0.273. The third-order valence-corrected chi connectivity index (χ3v) is 3.19. The Morgan fingerprint density at radius 1 is 1.43 bits per heavy atom. The van der Waals surface area contributed by atoms with Crippen LogP contribution in [-0.2, 0) is 6.54 Å². The molecule has 0 saturated heterocycles. The van der Waals surface area contributed by atoms with E-state index >= 15 is 0 Å². The Morgan fingerprint density at radius 3 is 3.00 bits per heavy atom. The lowest BCUT2D eigenvalue weighted by atomic mass is 10.2. The monoisotopic (exact) mass is 207 g/mol. The Kier molecular flexibility index (Phi) is 3.01. The molecule has 74 valence electrons. The lowest BCUT2D eigenvalue weighted by Crippen LogP contribution is -2.16. The minimum atomic E-state index is 0.389. The first kappa shape index (κ1) is 9.49. The van der Waals surface area contributed by atoms with Crippen LogP contribution < -0.4 is 5.32 Å². The van der Waals surface area contributed by atoms with E-state index < -0.39 is 0 Å². The van der Waals surface area contributed by atoms with Crippen molar-refractivity contribution >= 4 is 11.3 Å². The minimum absolute atomic E-state index is 0.389. The molecule has 0 aliphatic rings. The largest absolute Gasteiger partial charge is 0.468 e. The standard InChI is InChI=1S/C11H13NOS/c1-9(11-5-3-7-14-11)12-8-10-4-2-6-13-10/h2-7,9,12H,8H2,1H3/t9-/m1/s1. The van der Waals surface area contributed by atoms with Crippen molar-refractivity contribution in [1.29, 1.82) is 0 Å². The molecule has 0 bridgehead atoms. The highest BCUT2D eigenvalue weighted by molar-refractivity contribution is 7.10. The van der Waals surface area contributed by atoms with E-state index in [0.717, 1.165) is 12.3 Å². The van der Waals surface area contributed by atoms with Gasteiger partial charge in [-0.15, -0.1) is 11.3 Å². The molecule has 1 atom stereocenters. The second-order valence-electron chi connectivity index (χ2n) is 3.20. The van der Waals surface area contributed by atoms with Gasteiger partial charge in [0.25, 0.3) is 0 Å². The van der Waals surface area contributed by atoms with Gasteiger partial charge in [-0.1, -0.05) is 6.07 Å². The van der Waals surface area contributed by atoms with Gasteiger partial charge in [-0.2, -0.15) is 0 Å². The summed E-state index contributed by atoms with van der Waals surface area (Å²) >= 11 is 1.78. The number of rotatable bonds is 4. The highest BCUT2D eigenvalue weighted by Crippen LogP contribution is 2.18. The first-order chi connectivity index (χ1) is 6.86. The summed E-state index contributed by atoms with van der Waals surface area (Å²) in [4.78, 5) is 1.36. The summed E-state index contributed by atoms with van der Waals surface area (Å²) in [6.45, 7) is 2.95. The summed E-state index contributed by atoms with van der Waals surface area (Å²) in [6, 6.07) is 8.50. The maximum Gasteiger partial charge on any atom is 0.117 e. The SMILES string of the molecule is C[C@@H](NCc1ccco1)c1cccs1. The van der Waals surface area contributed by atoms with Crippen LogP contribution in [0.1, 0.15) is 23.6 Å². The third-order valence-electron chi connectivity index (χ3n) is 2.13. The van der Waals surface area contributed by atoms with E-state index in [4.69, 9.17) is 4.42 Å². The molecule has 0 aromatic carbocycles. The Morgan fingerprint density at radius 2 is 2.36 bits per heavy atom. The lowest BCUT2D eigenvalue weighted by molar-refractivity contribution is 0.462. The highest BCUT2D eigenvalue weighted by atomic mass is 32.1. The molecular weight excluding hydrogens is 194 g/mol. The van der Waals surface area contributed by atoms with Crippen LogP contribution in [0, 0.1) is 0 Å². The van der Waals surface area contributed by atoms with Gasteiger partial charge in [-0.25, -0.2) is 0 Å². The van der Waals surface area contributed by atoms with E-state index in [1.54, 1.807) is 17.6 Å². The first-order valence-corrected chi connectivity index (χ1v) is 5.53. The van der Waals surface area contributed by atoms with Crippen LogP contribution in [0.3, 0.4) is 0 Å². The maximum atomic E-state index is 5.24. The van der Waals surface area contributed by atoms with E-state index in [1.807, 2.05) is 12.1 Å². The van der Waals surface area contributed by atoms with Gasteiger partial charge < -0.3 is 9.73 Å². The molecular formula is C11H13NOS. The Bertz CT molecular complexity index is 353. The summed E-state index contributed by atoms with van der Waals surface area (Å²) < 4.78 is 5.24. The van der Waals surface area contributed by atoms with E-state index in [1.165, 1.54) is 4.88 Å². The van der Waals surface area contributed by atoms with Gasteiger partial charge in [0.1, 0.15) is 5.76 Å². The van der Waals surface area contributed by atoms with Gasteiger partial charge in [0, 0.05) is 10.9 Å². The van der Waals surface area contributed by atoms with Crippen LogP contribution in [0.5, 0.6) is 0 Å². The number of furan rings is 1. The number of hydrogen-bond donors (Lipinski definition) is 1. The zero-order chi connectivity index (χ0) is 9.80. The molecule has 0 spiro atoms. The smallest absolute Gasteiger partial charge is 0.117 e. The van der Waals surface area contributed by atoms with Crippen molar-refractivity contribution in [1.82, 2.24) is 5.32 Å². The van der Waals surface area contributed by atoms with Crippen molar-refractivity contribution < 1.29 is 4.42 Å². The minimum Gasteiger partial charge on any atom is -0.468 e. The fourth-order valence-electron chi connectivity index (χ4n) is 1.31. The second-order valence-corrected chi connectivity index (χ2v) is 4.18. The quantitative estimate of drug-likeness (QED) is 0.833. The van der Waals surface area contributed by atoms with Crippen LogP contribution in [0.2, 0.25) is 0 Å². The van der Waals surface area contributed by atoms with Crippen LogP contribution in [0.25, 0.3) is 0 Å². The predicted octanol–water partition coefficient (Wildman–Crippen LogP) is 3.19. The second kappa shape index (κ2) is 4.44. The number of thiophene rings is 1. The zero-order valence-electron chi connectivity index (χ0n) is 8.07. The average molecular weight is 207 g/mol. The van der Waals surface area contributed by atoms with Crippen LogP contribution in [-0.4, -0.2) is 0 Å². The number of hydrogen-bond acceptors (Lipinski definition) is 3. The van der Waals surface area contributed by atoms with Gasteiger partial charge >= 0.3 is 0 Å². The van der Waals surface area contributed by atoms with E-state index in [9.17, 15) is 0 Å². The molecule has 0 unspecified atom stereocenters. The van der Waals surface area contributed by atoms with Gasteiger partial charge in [-0.3, -0.25) is 0 Å². The molecule has 0 saturated carbocycles. The van der Waals surface area contributed by atoms with Crippen molar-refractivity contribution in [2.45, 2.75) is 19.5 Å². The van der Waals surface area contributed by atoms with E-state index in [2.05, 4.69) is 29.8 Å². The van der Waals surface area contributed by atoms with Crippen LogP contribution >= 0.6 is 11.3 Å². The molecule has 0 aliphatic heterocycles. The molecule has 0 aliphatic carbocycles. The first-order valence-electron chi connectivity index (χ1n) is 4.65. The Balaban J connectivity index is 1.87. The zero-order valence-corrected chi connectivity index (χ0v) is 8.88. The molecule has 3 heteroatoms. The Hall–Kier alpha value is -1.06. The normalized spacial score (nSPS) is 12.9. The summed E-state index contributed by atoms with van der Waals surface area (Å²) in [5, 5.41) is 5.50. The molecule has 0 radical (unpaired) electrons. The lowest BCUT2D eigenvalue weighted by Gasteiger charge is -2.10. The van der Waals surface area contributed by atoms with Crippen molar-refractivity contribution in [3.63, 3.8) is 0 Å². The highest BCUT2D eigenvalue weighted by Gasteiger charge is 2.05. The Labute approximate surface area is 87.6 Å². The summed E-state index contributed by atoms with van der Waals surface area (Å²) in [5.74, 6) is 0.980. The van der Waals surface area contributed by atoms with Crippen molar-refractivity contribution in [2.75, 3.05) is 0 Å². The summed E-state index contributed by atoms with van der Waals surface area (Å²) in [5.41, 5.74) is 0. The van der Waals surface area contributed by atoms with Crippen molar-refractivity contribution in [3.8, 4) is 0 Å². The molecule has 0 fully saturated rings. The topological polar surface area (TPSA) is 25.2 Å². The molecule has 2 rings (SSSR count). The van der Waals surface area contributed by atoms with E-state index in [-0.39, 0.29) is 0 Å². The van der Waals surface area contributed by atoms with Crippen LogP contribution in [0.15, 0.2) is 40.3 Å². The van der Waals surface area contributed by atoms with Crippen LogP contribution in [0.4, 0.5) is 0 Å². The van der Waals surface area contributed by atoms with Gasteiger partial charge in [0.15, 0.2) is 0 Å². The van der Waals surface area contributed by atoms with Gasteiger partial charge in [0.05, 0.1) is 12.8 Å². The predicted molar refractivity (Wildman–Crippen MR) is 58.3 cm³/mol. The summed E-state index contributed by atoms with van der Waals surface area (Å²) in [6.07, 6.45) is 1.70. The average Bonchev–Trinajstić information content (AvgIpc) is 2.87. The molecule has 14 heavy (non-hydrogen) atoms. The van der Waals surface area contributed by atoms with Crippen molar-refractivity contribution in [3.05, 3.63) is 46.5 Å². The third kappa shape index (κ3) is 2.25. The van der Waals surface area contributed by atoms with Gasteiger partial charge in [-0.05, 0) is 30.5 Å². The van der Waals surface area contributed by atoms with Gasteiger partial charge in [0.2, 0.25) is 0 Å². The van der Waals surface area contributed by atoms with Crippen molar-refractivity contribution in [2.24, 2.45) is 0 Å². The maximum absolute atomic E-state index is 5.24. The molecule has 2 nitrogen and oxygen atoms in total. The number of nitrogens with one attached hydrogen (secondary N) is 1. The fourth-order valence-corrected chi connectivity index (χ4v) is 2.06. The molecule has 2 heterocycles. The summed E-state index contributed by atoms with van der Waals surface area (Å²) in [7, 11) is 0. The molecule has 2 aromatic heterocycles. The molecule has 1 N–H and O–H groups in total. The van der Waals surface area contributed by atoms with E-state index in [0.29, 0.717) is 6.04 Å².